The van der Waals surface area contributed by atoms with Gasteiger partial charge in [0.05, 0.1) is 0 Å². The van der Waals surface area contributed by atoms with Gasteiger partial charge in [0, 0.05) is 6.54 Å². The Morgan fingerprint density at radius 3 is 2.41 bits per heavy atom. The summed E-state index contributed by atoms with van der Waals surface area (Å²) in [6.07, 6.45) is -0.999. The Morgan fingerprint density at radius 2 is 1.88 bits per heavy atom. The van der Waals surface area contributed by atoms with E-state index in [9.17, 15) is 13.2 Å². The number of rotatable bonds is 0. The van der Waals surface area contributed by atoms with Crippen LogP contribution in [0.4, 0.5) is 13.2 Å². The van der Waals surface area contributed by atoms with E-state index in [4.69, 9.17) is 9.90 Å². The standard InChI is InChI=1S/C9H9N.C2HF3O2/c1-2-4-9-7-10-6-5-8(9)3-1;3-2(4,5)1(6)7/h1-6,10H,7H2;(H,6,7). The molecule has 0 radical (unpaired) electrons. The first-order valence-corrected chi connectivity index (χ1v) is 4.69. The van der Waals surface area contributed by atoms with Crippen LogP contribution in [0.1, 0.15) is 11.1 Å². The summed E-state index contributed by atoms with van der Waals surface area (Å²) in [6, 6.07) is 8.41. The molecule has 0 atom stereocenters. The lowest BCUT2D eigenvalue weighted by Crippen LogP contribution is -2.21. The lowest BCUT2D eigenvalue weighted by Gasteiger charge is -2.10. The third-order valence-corrected chi connectivity index (χ3v) is 1.97. The average Bonchev–Trinajstić information content (AvgIpc) is 2.29. The Kier molecular flexibility index (Phi) is 4.14. The lowest BCUT2D eigenvalue weighted by atomic mass is 10.1. The minimum atomic E-state index is -5.08. The predicted molar refractivity (Wildman–Crippen MR) is 56.0 cm³/mol. The van der Waals surface area contributed by atoms with Crippen LogP contribution in [-0.4, -0.2) is 17.3 Å². The highest BCUT2D eigenvalue weighted by atomic mass is 19.4. The van der Waals surface area contributed by atoms with Crippen molar-refractivity contribution in [3.63, 3.8) is 0 Å². The third-order valence-electron chi connectivity index (χ3n) is 1.97. The summed E-state index contributed by atoms with van der Waals surface area (Å²) in [7, 11) is 0. The van der Waals surface area contributed by atoms with Gasteiger partial charge in [-0.25, -0.2) is 4.79 Å². The van der Waals surface area contributed by atoms with Crippen LogP contribution in [0.5, 0.6) is 0 Å². The van der Waals surface area contributed by atoms with Crippen molar-refractivity contribution < 1.29 is 23.1 Å². The minimum Gasteiger partial charge on any atom is -0.475 e. The Hall–Kier alpha value is -1.98. The summed E-state index contributed by atoms with van der Waals surface area (Å²) in [6.45, 7) is 0.965. The van der Waals surface area contributed by atoms with Crippen LogP contribution in [0, 0.1) is 0 Å². The molecule has 92 valence electrons. The molecule has 1 aromatic carbocycles. The molecule has 6 heteroatoms. The maximum absolute atomic E-state index is 10.6. The van der Waals surface area contributed by atoms with E-state index in [1.165, 1.54) is 11.1 Å². The van der Waals surface area contributed by atoms with Gasteiger partial charge in [-0.05, 0) is 23.4 Å². The molecule has 1 aliphatic rings. The van der Waals surface area contributed by atoms with Gasteiger partial charge in [-0.1, -0.05) is 24.3 Å². The molecule has 2 N–H and O–H groups in total. The molecule has 0 saturated heterocycles. The smallest absolute Gasteiger partial charge is 0.475 e. The largest absolute Gasteiger partial charge is 0.490 e. The molecule has 1 aromatic rings. The van der Waals surface area contributed by atoms with Crippen molar-refractivity contribution in [2.45, 2.75) is 12.7 Å². The van der Waals surface area contributed by atoms with E-state index in [1.54, 1.807) is 0 Å². The van der Waals surface area contributed by atoms with Crippen molar-refractivity contribution in [1.29, 1.82) is 0 Å². The maximum atomic E-state index is 10.6. The molecule has 0 spiro atoms. The number of fused-ring (bicyclic) bond motifs is 1. The van der Waals surface area contributed by atoms with Crippen molar-refractivity contribution in [3.8, 4) is 0 Å². The van der Waals surface area contributed by atoms with Gasteiger partial charge in [-0.15, -0.1) is 0 Å². The molecule has 2 rings (SSSR count). The van der Waals surface area contributed by atoms with E-state index in [0.717, 1.165) is 6.54 Å². The SMILES string of the molecule is C1=Cc2ccccc2CN1.O=C(O)C(F)(F)F. The first kappa shape index (κ1) is 13.1. The molecule has 0 aromatic heterocycles. The zero-order valence-corrected chi connectivity index (χ0v) is 8.66. The van der Waals surface area contributed by atoms with Gasteiger partial charge in [0.2, 0.25) is 0 Å². The van der Waals surface area contributed by atoms with Gasteiger partial charge in [0.1, 0.15) is 0 Å². The number of nitrogens with one attached hydrogen (secondary N) is 1. The molecule has 0 saturated carbocycles. The number of hydrogen-bond acceptors (Lipinski definition) is 2. The fourth-order valence-corrected chi connectivity index (χ4v) is 1.18. The second-order valence-corrected chi connectivity index (χ2v) is 3.22. The van der Waals surface area contributed by atoms with Crippen LogP contribution >= 0.6 is 0 Å². The molecule has 0 aliphatic carbocycles. The van der Waals surface area contributed by atoms with Gasteiger partial charge < -0.3 is 10.4 Å². The molecule has 0 unspecified atom stereocenters. The van der Waals surface area contributed by atoms with Crippen LogP contribution in [0.2, 0.25) is 0 Å². The molecule has 0 fully saturated rings. The zero-order valence-electron chi connectivity index (χ0n) is 8.66. The number of benzene rings is 1. The normalized spacial score (nSPS) is 12.9. The zero-order chi connectivity index (χ0) is 12.9. The Bertz CT molecular complexity index is 427. The molecule has 1 aliphatic heterocycles. The Labute approximate surface area is 95.6 Å². The second kappa shape index (κ2) is 5.38. The molecule has 0 amide bonds. The number of hydrogen-bond donors (Lipinski definition) is 2. The van der Waals surface area contributed by atoms with E-state index < -0.39 is 12.1 Å². The topological polar surface area (TPSA) is 49.3 Å². The van der Waals surface area contributed by atoms with Gasteiger partial charge in [0.15, 0.2) is 0 Å². The van der Waals surface area contributed by atoms with Gasteiger partial charge >= 0.3 is 12.1 Å². The van der Waals surface area contributed by atoms with Crippen LogP contribution < -0.4 is 5.32 Å². The summed E-state index contributed by atoms with van der Waals surface area (Å²) in [5.41, 5.74) is 2.71. The van der Waals surface area contributed by atoms with Gasteiger partial charge in [0.25, 0.3) is 0 Å². The summed E-state index contributed by atoms with van der Waals surface area (Å²) < 4.78 is 31.7. The molecule has 0 bridgehead atoms. The van der Waals surface area contributed by atoms with Crippen molar-refractivity contribution in [2.24, 2.45) is 0 Å². The lowest BCUT2D eigenvalue weighted by molar-refractivity contribution is -0.192. The average molecular weight is 245 g/mol. The number of halogens is 3. The first-order chi connectivity index (χ1) is 7.91. The fraction of sp³-hybridized carbons (Fsp3) is 0.182. The quantitative estimate of drug-likeness (QED) is 0.737. The van der Waals surface area contributed by atoms with Crippen LogP contribution in [0.15, 0.2) is 30.5 Å². The van der Waals surface area contributed by atoms with Crippen molar-refractivity contribution in [2.75, 3.05) is 0 Å². The second-order valence-electron chi connectivity index (χ2n) is 3.22. The molecular weight excluding hydrogens is 235 g/mol. The molecule has 17 heavy (non-hydrogen) atoms. The number of carbonyl (C=O) groups is 1. The number of aliphatic carboxylic acids is 1. The monoisotopic (exact) mass is 245 g/mol. The maximum Gasteiger partial charge on any atom is 0.490 e. The highest BCUT2D eigenvalue weighted by Gasteiger charge is 2.38. The minimum absolute atomic E-state index is 0.965. The van der Waals surface area contributed by atoms with Crippen molar-refractivity contribution >= 4 is 12.0 Å². The third kappa shape index (κ3) is 4.18. The number of alkyl halides is 3. The highest BCUT2D eigenvalue weighted by molar-refractivity contribution is 5.73. The Morgan fingerprint density at radius 1 is 1.29 bits per heavy atom. The van der Waals surface area contributed by atoms with Crippen LogP contribution in [0.25, 0.3) is 6.08 Å². The highest BCUT2D eigenvalue weighted by Crippen LogP contribution is 2.13. The van der Waals surface area contributed by atoms with Crippen molar-refractivity contribution in [3.05, 3.63) is 41.6 Å². The fourth-order valence-electron chi connectivity index (χ4n) is 1.18. The molecule has 1 heterocycles. The summed E-state index contributed by atoms with van der Waals surface area (Å²) in [4.78, 5) is 8.90. The van der Waals surface area contributed by atoms with Crippen molar-refractivity contribution in [1.82, 2.24) is 5.32 Å². The van der Waals surface area contributed by atoms with E-state index in [2.05, 4.69) is 35.7 Å². The first-order valence-electron chi connectivity index (χ1n) is 4.69. The summed E-state index contributed by atoms with van der Waals surface area (Å²) in [5.74, 6) is -2.76. The van der Waals surface area contributed by atoms with E-state index in [1.807, 2.05) is 6.20 Å². The van der Waals surface area contributed by atoms with E-state index in [-0.39, 0.29) is 0 Å². The summed E-state index contributed by atoms with van der Waals surface area (Å²) >= 11 is 0. The summed E-state index contributed by atoms with van der Waals surface area (Å²) in [5, 5.41) is 10.3. The van der Waals surface area contributed by atoms with Crippen LogP contribution in [0.3, 0.4) is 0 Å². The van der Waals surface area contributed by atoms with Gasteiger partial charge in [-0.3, -0.25) is 0 Å². The molecular formula is C11H10F3NO2. The number of carboxylic acids is 1. The van der Waals surface area contributed by atoms with Gasteiger partial charge in [-0.2, -0.15) is 13.2 Å². The van der Waals surface area contributed by atoms with E-state index >= 15 is 0 Å². The Balaban J connectivity index is 0.000000185. The number of carboxylic acid groups (broad SMARTS) is 1. The molecule has 3 nitrogen and oxygen atoms in total. The predicted octanol–water partition coefficient (Wildman–Crippen LogP) is 2.39. The van der Waals surface area contributed by atoms with Crippen LogP contribution in [-0.2, 0) is 11.3 Å². The van der Waals surface area contributed by atoms with E-state index in [0.29, 0.717) is 0 Å².